The summed E-state index contributed by atoms with van der Waals surface area (Å²) in [5.41, 5.74) is 12.5. The van der Waals surface area contributed by atoms with Gasteiger partial charge in [-0.15, -0.1) is 0 Å². The quantitative estimate of drug-likeness (QED) is 0.133. The summed E-state index contributed by atoms with van der Waals surface area (Å²) in [6, 6.07) is 5.33. The zero-order valence-electron chi connectivity index (χ0n) is 29.2. The molecule has 0 spiro atoms. The molecule has 3 atom stereocenters. The van der Waals surface area contributed by atoms with E-state index in [2.05, 4.69) is 36.7 Å². The third kappa shape index (κ3) is 17.7. The van der Waals surface area contributed by atoms with E-state index in [9.17, 15) is 24.0 Å². The lowest BCUT2D eigenvalue weighted by Crippen LogP contribution is -2.50. The Hall–Kier alpha value is -3.67. The zero-order valence-corrected chi connectivity index (χ0v) is 29.2. The standard InChI is InChI=1S/C34H57N5O7/c1-32(2,3)23-15-13-22(14-16-23)20-25(35)30(43)38-24(17-18-28(41)45-33(4,5)6)21-27(40)39-26(29(36)42)12-10-11-19-37-31(44)46-34(7,8)9/h13-16,24-26H,10-12,17-21,35H2,1-9H3,(H2,36,42)(H,37,44)(H,38,43)(H,39,40)/t24-,25?,26+/m0/s1. The molecule has 0 aromatic heterocycles. The number of amides is 4. The number of esters is 1. The highest BCUT2D eigenvalue weighted by Gasteiger charge is 2.26. The molecule has 12 heteroatoms. The fourth-order valence-electron chi connectivity index (χ4n) is 4.45. The Balaban J connectivity index is 2.81. The Morgan fingerprint density at radius 1 is 0.804 bits per heavy atom. The second-order valence-corrected chi connectivity index (χ2v) is 14.7. The number of carbonyl (C=O) groups excluding carboxylic acids is 5. The molecular formula is C34H57N5O7. The summed E-state index contributed by atoms with van der Waals surface area (Å²) >= 11 is 0. The first-order valence-electron chi connectivity index (χ1n) is 16.0. The lowest BCUT2D eigenvalue weighted by Gasteiger charge is -2.24. The first kappa shape index (κ1) is 40.4. The first-order valence-corrected chi connectivity index (χ1v) is 16.0. The molecule has 0 saturated heterocycles. The maximum atomic E-state index is 13.1. The highest BCUT2D eigenvalue weighted by atomic mass is 16.6. The molecule has 0 aliphatic rings. The van der Waals surface area contributed by atoms with Gasteiger partial charge in [-0.3, -0.25) is 19.2 Å². The van der Waals surface area contributed by atoms with Crippen molar-refractivity contribution in [1.29, 1.82) is 0 Å². The third-order valence-electron chi connectivity index (χ3n) is 6.77. The van der Waals surface area contributed by atoms with Gasteiger partial charge < -0.3 is 36.9 Å². The normalized spacial score (nSPS) is 14.0. The van der Waals surface area contributed by atoms with Crippen molar-refractivity contribution in [2.45, 2.75) is 142 Å². The molecule has 4 amide bonds. The van der Waals surface area contributed by atoms with E-state index in [-0.39, 0.29) is 37.5 Å². The van der Waals surface area contributed by atoms with Crippen molar-refractivity contribution >= 4 is 29.8 Å². The van der Waals surface area contributed by atoms with E-state index in [4.69, 9.17) is 20.9 Å². The van der Waals surface area contributed by atoms with Crippen molar-refractivity contribution < 1.29 is 33.4 Å². The molecule has 260 valence electrons. The predicted octanol–water partition coefficient (Wildman–Crippen LogP) is 3.52. The molecule has 1 rings (SSSR count). The second kappa shape index (κ2) is 17.9. The van der Waals surface area contributed by atoms with Gasteiger partial charge in [0.2, 0.25) is 17.7 Å². The van der Waals surface area contributed by atoms with Crippen LogP contribution in [0.2, 0.25) is 0 Å². The van der Waals surface area contributed by atoms with Crippen LogP contribution in [0.5, 0.6) is 0 Å². The molecule has 1 unspecified atom stereocenters. The minimum absolute atomic E-state index is 0.00748. The van der Waals surface area contributed by atoms with E-state index < -0.39 is 59.1 Å². The number of ether oxygens (including phenoxy) is 2. The topological polar surface area (TPSA) is 192 Å². The van der Waals surface area contributed by atoms with Crippen molar-refractivity contribution in [3.63, 3.8) is 0 Å². The van der Waals surface area contributed by atoms with Crippen LogP contribution in [-0.4, -0.2) is 65.7 Å². The monoisotopic (exact) mass is 647 g/mol. The van der Waals surface area contributed by atoms with E-state index in [1.165, 1.54) is 0 Å². The number of hydrogen-bond acceptors (Lipinski definition) is 8. The smallest absolute Gasteiger partial charge is 0.407 e. The summed E-state index contributed by atoms with van der Waals surface area (Å²) in [4.78, 5) is 62.4. The lowest BCUT2D eigenvalue weighted by atomic mass is 9.86. The highest BCUT2D eigenvalue weighted by molar-refractivity contribution is 5.87. The van der Waals surface area contributed by atoms with Crippen LogP contribution in [0.25, 0.3) is 0 Å². The van der Waals surface area contributed by atoms with Crippen molar-refractivity contribution in [3.05, 3.63) is 35.4 Å². The molecule has 1 aromatic rings. The minimum atomic E-state index is -0.949. The Labute approximate surface area is 274 Å². The summed E-state index contributed by atoms with van der Waals surface area (Å²) in [7, 11) is 0. The Kier molecular flexibility index (Phi) is 15.7. The van der Waals surface area contributed by atoms with E-state index in [0.29, 0.717) is 19.4 Å². The van der Waals surface area contributed by atoms with Gasteiger partial charge >= 0.3 is 12.1 Å². The molecule has 7 N–H and O–H groups in total. The molecule has 0 saturated carbocycles. The van der Waals surface area contributed by atoms with Crippen molar-refractivity contribution in [2.75, 3.05) is 6.54 Å². The van der Waals surface area contributed by atoms with Gasteiger partial charge in [0.05, 0.1) is 6.04 Å². The highest BCUT2D eigenvalue weighted by Crippen LogP contribution is 2.22. The molecule has 0 aliphatic carbocycles. The molecular weight excluding hydrogens is 590 g/mol. The van der Waals surface area contributed by atoms with Gasteiger partial charge in [0.25, 0.3) is 0 Å². The third-order valence-corrected chi connectivity index (χ3v) is 6.77. The average molecular weight is 648 g/mol. The van der Waals surface area contributed by atoms with Crippen LogP contribution in [0.15, 0.2) is 24.3 Å². The summed E-state index contributed by atoms with van der Waals surface area (Å²) in [5.74, 6) is -2.16. The molecule has 0 heterocycles. The Bertz CT molecular complexity index is 1160. The van der Waals surface area contributed by atoms with Crippen molar-refractivity contribution in [2.24, 2.45) is 11.5 Å². The van der Waals surface area contributed by atoms with Gasteiger partial charge in [-0.2, -0.15) is 0 Å². The van der Waals surface area contributed by atoms with Crippen LogP contribution < -0.4 is 27.4 Å². The number of carbonyl (C=O) groups is 5. The molecule has 0 aliphatic heterocycles. The number of benzene rings is 1. The van der Waals surface area contributed by atoms with Crippen LogP contribution in [0.1, 0.15) is 112 Å². The van der Waals surface area contributed by atoms with Gasteiger partial charge in [-0.05, 0) is 90.2 Å². The second-order valence-electron chi connectivity index (χ2n) is 14.7. The average Bonchev–Trinajstić information content (AvgIpc) is 2.88. The summed E-state index contributed by atoms with van der Waals surface area (Å²) < 4.78 is 10.6. The molecule has 0 fully saturated rings. The molecule has 0 radical (unpaired) electrons. The van der Waals surface area contributed by atoms with Gasteiger partial charge in [0.15, 0.2) is 0 Å². The predicted molar refractivity (Wildman–Crippen MR) is 178 cm³/mol. The summed E-state index contributed by atoms with van der Waals surface area (Å²) in [5, 5.41) is 8.09. The largest absolute Gasteiger partial charge is 0.460 e. The molecule has 0 bridgehead atoms. The zero-order chi connectivity index (χ0) is 35.3. The molecule has 46 heavy (non-hydrogen) atoms. The Morgan fingerprint density at radius 3 is 1.91 bits per heavy atom. The van der Waals surface area contributed by atoms with Crippen LogP contribution in [0, 0.1) is 0 Å². The summed E-state index contributed by atoms with van der Waals surface area (Å²) in [6.07, 6.45) is 0.911. The van der Waals surface area contributed by atoms with Crippen LogP contribution in [-0.2, 0) is 40.5 Å². The molecule has 1 aromatic carbocycles. The van der Waals surface area contributed by atoms with Crippen molar-refractivity contribution in [3.8, 4) is 0 Å². The summed E-state index contributed by atoms with van der Waals surface area (Å²) in [6.45, 7) is 17.2. The first-order chi connectivity index (χ1) is 21.1. The van der Waals surface area contributed by atoms with Crippen molar-refractivity contribution in [1.82, 2.24) is 16.0 Å². The lowest BCUT2D eigenvalue weighted by molar-refractivity contribution is -0.155. The number of unbranched alkanes of at least 4 members (excludes halogenated alkanes) is 1. The number of rotatable bonds is 16. The number of nitrogens with one attached hydrogen (secondary N) is 3. The van der Waals surface area contributed by atoms with Gasteiger partial charge in [0.1, 0.15) is 17.2 Å². The number of primary amides is 1. The minimum Gasteiger partial charge on any atom is -0.460 e. The van der Waals surface area contributed by atoms with Gasteiger partial charge in [0, 0.05) is 25.4 Å². The van der Waals surface area contributed by atoms with Crippen LogP contribution >= 0.6 is 0 Å². The van der Waals surface area contributed by atoms with Gasteiger partial charge in [-0.1, -0.05) is 45.0 Å². The van der Waals surface area contributed by atoms with E-state index in [1.807, 2.05) is 24.3 Å². The number of alkyl carbamates (subject to hydrolysis) is 1. The molecule has 12 nitrogen and oxygen atoms in total. The fourth-order valence-corrected chi connectivity index (χ4v) is 4.45. The fraction of sp³-hybridized carbons (Fsp3) is 0.676. The van der Waals surface area contributed by atoms with Crippen LogP contribution in [0.4, 0.5) is 4.79 Å². The number of hydrogen-bond donors (Lipinski definition) is 5. The van der Waals surface area contributed by atoms with E-state index in [1.54, 1.807) is 41.5 Å². The van der Waals surface area contributed by atoms with Gasteiger partial charge in [-0.25, -0.2) is 4.79 Å². The Morgan fingerprint density at radius 2 is 1.39 bits per heavy atom. The van der Waals surface area contributed by atoms with E-state index in [0.717, 1.165) is 11.1 Å². The SMILES string of the molecule is CC(C)(C)OC(=O)CC[C@@H](CC(=O)N[C@H](CCCCNC(=O)OC(C)(C)C)C(N)=O)NC(=O)C(N)Cc1ccc(C(C)(C)C)cc1. The van der Waals surface area contributed by atoms with E-state index >= 15 is 0 Å². The van der Waals surface area contributed by atoms with Crippen LogP contribution in [0.3, 0.4) is 0 Å². The maximum Gasteiger partial charge on any atom is 0.407 e. The maximum absolute atomic E-state index is 13.1. The number of nitrogens with two attached hydrogens (primary N) is 2.